The van der Waals surface area contributed by atoms with E-state index in [9.17, 15) is 14.7 Å². The molecule has 142 valence electrons. The summed E-state index contributed by atoms with van der Waals surface area (Å²) >= 11 is 0. The van der Waals surface area contributed by atoms with Gasteiger partial charge in [-0.2, -0.15) is 0 Å². The maximum Gasteiger partial charge on any atom is 1.00 e. The molecule has 0 radical (unpaired) electrons. The van der Waals surface area contributed by atoms with E-state index in [4.69, 9.17) is 9.47 Å². The number of aliphatic carboxylic acids is 1. The summed E-state index contributed by atoms with van der Waals surface area (Å²) < 4.78 is 10.9. The number of carboxylic acid groups (broad SMARTS) is 1. The molecule has 7 heteroatoms. The quantitative estimate of drug-likeness (QED) is 0.457. The Morgan fingerprint density at radius 3 is 2.43 bits per heavy atom. The van der Waals surface area contributed by atoms with Crippen LogP contribution in [0.2, 0.25) is 0 Å². The summed E-state index contributed by atoms with van der Waals surface area (Å²) in [4.78, 5) is 22.6. The number of hydrogen-bond donors (Lipinski definition) is 1. The summed E-state index contributed by atoms with van der Waals surface area (Å²) in [5.74, 6) is -0.170. The van der Waals surface area contributed by atoms with E-state index in [0.29, 0.717) is 29.4 Å². The van der Waals surface area contributed by atoms with Gasteiger partial charge in [0.05, 0.1) is 13.7 Å². The minimum atomic E-state index is -1.14. The van der Waals surface area contributed by atoms with Gasteiger partial charge in [0.2, 0.25) is 5.91 Å². The molecule has 2 rings (SSSR count). The number of rotatable bonds is 9. The van der Waals surface area contributed by atoms with Crippen molar-refractivity contribution < 1.29 is 53.7 Å². The number of carbonyl (C=O) groups excluding carboxylic acids is 2. The van der Waals surface area contributed by atoms with E-state index in [1.807, 2.05) is 19.1 Å². The zero-order valence-corrected chi connectivity index (χ0v) is 18.4. The smallest absolute Gasteiger partial charge is 0.550 e. The largest absolute Gasteiger partial charge is 1.00 e. The molecule has 0 saturated carbocycles. The molecule has 0 atom stereocenters. The van der Waals surface area contributed by atoms with Gasteiger partial charge in [-0.25, -0.2) is 0 Å². The minimum absolute atomic E-state index is 0. The van der Waals surface area contributed by atoms with Gasteiger partial charge in [-0.3, -0.25) is 4.79 Å². The van der Waals surface area contributed by atoms with E-state index in [0.717, 1.165) is 12.0 Å². The van der Waals surface area contributed by atoms with Crippen molar-refractivity contribution in [3.63, 3.8) is 0 Å². The van der Waals surface area contributed by atoms with Crippen LogP contribution in [0.25, 0.3) is 6.08 Å². The summed E-state index contributed by atoms with van der Waals surface area (Å²) in [5, 5.41) is 13.3. The molecule has 2 aromatic carbocycles. The first-order valence-electron chi connectivity index (χ1n) is 8.60. The zero-order valence-electron chi connectivity index (χ0n) is 16.4. The molecular formula is C21H22NNaO5. The Bertz CT molecular complexity index is 818. The van der Waals surface area contributed by atoms with Crippen LogP contribution in [0.15, 0.2) is 48.5 Å². The fraction of sp³-hybridized carbons (Fsp3) is 0.238. The fourth-order valence-corrected chi connectivity index (χ4v) is 2.35. The molecule has 0 bridgehead atoms. The Kier molecular flexibility index (Phi) is 10.4. The van der Waals surface area contributed by atoms with Crippen LogP contribution in [0.3, 0.4) is 0 Å². The van der Waals surface area contributed by atoms with E-state index in [2.05, 4.69) is 5.32 Å². The number of anilines is 1. The SMILES string of the molecule is CCCOc1ccc(C=CC(=O)Nc2ccc(CC(=O)[O-])cc2)cc1OC.[Na+]. The molecule has 0 aliphatic heterocycles. The Hall–Kier alpha value is -2.28. The van der Waals surface area contributed by atoms with E-state index in [-0.39, 0.29) is 41.9 Å². The number of benzene rings is 2. The Morgan fingerprint density at radius 1 is 1.11 bits per heavy atom. The summed E-state index contributed by atoms with van der Waals surface area (Å²) in [7, 11) is 1.57. The third kappa shape index (κ3) is 7.76. The summed E-state index contributed by atoms with van der Waals surface area (Å²) in [6.07, 6.45) is 3.83. The number of nitrogens with one attached hydrogen (secondary N) is 1. The van der Waals surface area contributed by atoms with Crippen molar-refractivity contribution in [3.8, 4) is 11.5 Å². The maximum absolute atomic E-state index is 12.1. The molecular weight excluding hydrogens is 369 g/mol. The van der Waals surface area contributed by atoms with Crippen LogP contribution in [0, 0.1) is 0 Å². The molecule has 0 heterocycles. The number of amides is 1. The molecule has 2 aromatic rings. The minimum Gasteiger partial charge on any atom is -0.550 e. The topological polar surface area (TPSA) is 87.7 Å². The Morgan fingerprint density at radius 2 is 1.82 bits per heavy atom. The van der Waals surface area contributed by atoms with Gasteiger partial charge in [-0.15, -0.1) is 0 Å². The number of carbonyl (C=O) groups is 2. The number of ether oxygens (including phenoxy) is 2. The fourth-order valence-electron chi connectivity index (χ4n) is 2.35. The number of methoxy groups -OCH3 is 1. The van der Waals surface area contributed by atoms with Gasteiger partial charge in [0.1, 0.15) is 0 Å². The molecule has 1 N–H and O–H groups in total. The molecule has 0 aliphatic carbocycles. The predicted molar refractivity (Wildman–Crippen MR) is 102 cm³/mol. The van der Waals surface area contributed by atoms with Gasteiger partial charge < -0.3 is 24.7 Å². The van der Waals surface area contributed by atoms with Crippen LogP contribution in [-0.4, -0.2) is 25.6 Å². The maximum atomic E-state index is 12.1. The Balaban J connectivity index is 0.00000392. The van der Waals surface area contributed by atoms with E-state index < -0.39 is 5.97 Å². The van der Waals surface area contributed by atoms with Crippen LogP contribution in [0.1, 0.15) is 24.5 Å². The van der Waals surface area contributed by atoms with Crippen molar-refractivity contribution in [2.45, 2.75) is 19.8 Å². The van der Waals surface area contributed by atoms with Crippen molar-refractivity contribution in [1.29, 1.82) is 0 Å². The second kappa shape index (κ2) is 12.2. The number of carboxylic acids is 1. The second-order valence-electron chi connectivity index (χ2n) is 5.83. The standard InChI is InChI=1S/C21H23NO5.Na/c1-3-12-27-18-10-6-15(13-19(18)26-2)7-11-20(23)22-17-8-4-16(5-9-17)14-21(24)25;/h4-11,13H,3,12,14H2,1-2H3,(H,22,23)(H,24,25);/q;+1/p-1. The monoisotopic (exact) mass is 391 g/mol. The normalized spacial score (nSPS) is 10.2. The van der Waals surface area contributed by atoms with Crippen molar-refractivity contribution in [3.05, 3.63) is 59.7 Å². The van der Waals surface area contributed by atoms with Crippen molar-refractivity contribution in [1.82, 2.24) is 0 Å². The molecule has 0 unspecified atom stereocenters. The van der Waals surface area contributed by atoms with E-state index in [1.165, 1.54) is 6.08 Å². The first-order valence-corrected chi connectivity index (χ1v) is 8.60. The van der Waals surface area contributed by atoms with Crippen LogP contribution in [0.5, 0.6) is 11.5 Å². The molecule has 6 nitrogen and oxygen atoms in total. The molecule has 0 saturated heterocycles. The molecule has 0 aromatic heterocycles. The van der Waals surface area contributed by atoms with Crippen molar-refractivity contribution >= 4 is 23.6 Å². The van der Waals surface area contributed by atoms with Gasteiger partial charge in [0.15, 0.2) is 11.5 Å². The average Bonchev–Trinajstić information content (AvgIpc) is 2.66. The summed E-state index contributed by atoms with van der Waals surface area (Å²) in [6, 6.07) is 12.0. The van der Waals surface area contributed by atoms with Gasteiger partial charge >= 0.3 is 29.6 Å². The first kappa shape index (κ1) is 23.8. The molecule has 1 amide bonds. The van der Waals surface area contributed by atoms with Gasteiger partial charge in [-0.05, 0) is 47.9 Å². The van der Waals surface area contributed by atoms with Crippen LogP contribution < -0.4 is 49.5 Å². The molecule has 0 spiro atoms. The third-order valence-electron chi connectivity index (χ3n) is 3.65. The van der Waals surface area contributed by atoms with E-state index in [1.54, 1.807) is 43.5 Å². The Labute approximate surface area is 186 Å². The van der Waals surface area contributed by atoms with Crippen LogP contribution in [-0.2, 0) is 16.0 Å². The first-order chi connectivity index (χ1) is 13.0. The van der Waals surface area contributed by atoms with Gasteiger partial charge in [0, 0.05) is 24.2 Å². The zero-order chi connectivity index (χ0) is 19.6. The van der Waals surface area contributed by atoms with Crippen LogP contribution in [0.4, 0.5) is 5.69 Å². The molecule has 28 heavy (non-hydrogen) atoms. The molecule has 0 aliphatic rings. The van der Waals surface area contributed by atoms with Crippen molar-refractivity contribution in [2.24, 2.45) is 0 Å². The molecule has 0 fully saturated rings. The number of hydrogen-bond acceptors (Lipinski definition) is 5. The predicted octanol–water partition coefficient (Wildman–Crippen LogP) is -0.568. The third-order valence-corrected chi connectivity index (χ3v) is 3.65. The van der Waals surface area contributed by atoms with E-state index >= 15 is 0 Å². The van der Waals surface area contributed by atoms with Crippen molar-refractivity contribution in [2.75, 3.05) is 19.0 Å². The van der Waals surface area contributed by atoms with Gasteiger partial charge in [-0.1, -0.05) is 25.1 Å². The summed E-state index contributed by atoms with van der Waals surface area (Å²) in [5.41, 5.74) is 1.99. The second-order valence-corrected chi connectivity index (χ2v) is 5.83. The average molecular weight is 391 g/mol. The van der Waals surface area contributed by atoms with Crippen LogP contribution >= 0.6 is 0 Å². The van der Waals surface area contributed by atoms with Gasteiger partial charge in [0.25, 0.3) is 0 Å². The summed E-state index contributed by atoms with van der Waals surface area (Å²) in [6.45, 7) is 2.63.